The van der Waals surface area contributed by atoms with Gasteiger partial charge in [0.15, 0.2) is 0 Å². The predicted octanol–water partition coefficient (Wildman–Crippen LogP) is 2.60. The van der Waals surface area contributed by atoms with Crippen LogP contribution in [0.5, 0.6) is 0 Å². The van der Waals surface area contributed by atoms with E-state index in [4.69, 9.17) is 10.8 Å². The summed E-state index contributed by atoms with van der Waals surface area (Å²) < 4.78 is 0. The molecular weight excluding hydrogens is 356 g/mol. The molecule has 1 aliphatic heterocycles. The quantitative estimate of drug-likeness (QED) is 0.762. The Kier molecular flexibility index (Phi) is 5.70. The first-order chi connectivity index (χ1) is 13.2. The lowest BCUT2D eigenvalue weighted by Crippen LogP contribution is -2.44. The van der Waals surface area contributed by atoms with E-state index in [0.717, 1.165) is 40.9 Å². The van der Waals surface area contributed by atoms with Gasteiger partial charge in [-0.3, -0.25) is 19.3 Å². The molecule has 1 saturated heterocycles. The summed E-state index contributed by atoms with van der Waals surface area (Å²) in [5.74, 6) is -1.24. The Morgan fingerprint density at radius 1 is 1.25 bits per heavy atom. The average Bonchev–Trinajstić information content (AvgIpc) is 2.64. The maximum atomic E-state index is 12.3. The van der Waals surface area contributed by atoms with Gasteiger partial charge >= 0.3 is 0 Å². The van der Waals surface area contributed by atoms with E-state index >= 15 is 0 Å². The van der Waals surface area contributed by atoms with Gasteiger partial charge in [-0.05, 0) is 47.4 Å². The average molecular weight is 384 g/mol. The van der Waals surface area contributed by atoms with Crippen molar-refractivity contribution in [2.75, 3.05) is 13.2 Å². The van der Waals surface area contributed by atoms with Gasteiger partial charge in [-0.2, -0.15) is 0 Å². The van der Waals surface area contributed by atoms with Gasteiger partial charge in [0.25, 0.3) is 0 Å². The molecule has 3 N–H and O–H groups in total. The molecule has 0 unspecified atom stereocenters. The molecule has 1 fully saturated rings. The van der Waals surface area contributed by atoms with E-state index in [1.807, 2.05) is 6.07 Å². The fraction of sp³-hybridized carbons (Fsp3) is 0.500. The Morgan fingerprint density at radius 2 is 1.93 bits per heavy atom. The van der Waals surface area contributed by atoms with Crippen molar-refractivity contribution >= 4 is 23.3 Å². The van der Waals surface area contributed by atoms with Crippen LogP contribution in [-0.4, -0.2) is 40.9 Å². The number of likely N-dealkylation sites (tertiary alicyclic amines) is 1. The third-order valence-electron chi connectivity index (χ3n) is 5.87. The largest absolute Gasteiger partial charge is 0.395 e. The fourth-order valence-electron chi connectivity index (χ4n) is 4.06. The van der Waals surface area contributed by atoms with Crippen LogP contribution in [0.25, 0.3) is 5.57 Å². The Morgan fingerprint density at radius 3 is 2.46 bits per heavy atom. The topological polar surface area (TPSA) is 101 Å². The number of rotatable bonds is 5. The number of imide groups is 1. The molecule has 1 aromatic rings. The van der Waals surface area contributed by atoms with E-state index in [0.29, 0.717) is 5.56 Å². The highest BCUT2D eigenvalue weighted by Gasteiger charge is 2.33. The molecule has 28 heavy (non-hydrogen) atoms. The van der Waals surface area contributed by atoms with Gasteiger partial charge in [0.1, 0.15) is 0 Å². The highest BCUT2D eigenvalue weighted by molar-refractivity contribution is 6.00. The van der Waals surface area contributed by atoms with Crippen LogP contribution >= 0.6 is 0 Å². The molecule has 0 saturated carbocycles. The molecule has 0 spiro atoms. The van der Waals surface area contributed by atoms with Crippen LogP contribution in [0.2, 0.25) is 0 Å². The molecule has 1 aliphatic carbocycles. The summed E-state index contributed by atoms with van der Waals surface area (Å²) in [6.07, 6.45) is 5.43. The first-order valence-electron chi connectivity index (χ1n) is 9.79. The van der Waals surface area contributed by atoms with Gasteiger partial charge < -0.3 is 10.8 Å². The van der Waals surface area contributed by atoms with Gasteiger partial charge in [-0.15, -0.1) is 0 Å². The number of hydrogen-bond acceptors (Lipinski definition) is 4. The first kappa shape index (κ1) is 20.3. The fourth-order valence-corrected chi connectivity index (χ4v) is 4.06. The zero-order valence-corrected chi connectivity index (χ0v) is 16.5. The van der Waals surface area contributed by atoms with Crippen LogP contribution in [0.1, 0.15) is 73.4 Å². The second-order valence-corrected chi connectivity index (χ2v) is 8.53. The van der Waals surface area contributed by atoms with Crippen LogP contribution in [-0.2, 0) is 9.59 Å². The maximum Gasteiger partial charge on any atom is 0.249 e. The van der Waals surface area contributed by atoms with Crippen molar-refractivity contribution in [1.82, 2.24) is 4.90 Å². The molecule has 3 amide bonds. The molecular formula is C22H28N2O4. The first-order valence-corrected chi connectivity index (χ1v) is 9.79. The molecule has 0 aromatic heterocycles. The lowest BCUT2D eigenvalue weighted by molar-refractivity contribution is -0.149. The second kappa shape index (κ2) is 7.87. The summed E-state index contributed by atoms with van der Waals surface area (Å²) >= 11 is 0. The molecule has 2 aliphatic rings. The summed E-state index contributed by atoms with van der Waals surface area (Å²) in [6, 6.07) is 5.43. The third kappa shape index (κ3) is 4.17. The van der Waals surface area contributed by atoms with Crippen molar-refractivity contribution in [1.29, 1.82) is 0 Å². The van der Waals surface area contributed by atoms with Crippen LogP contribution in [0.15, 0.2) is 24.3 Å². The summed E-state index contributed by atoms with van der Waals surface area (Å²) in [6.45, 7) is 4.26. The lowest BCUT2D eigenvalue weighted by Gasteiger charge is -2.31. The standard InChI is InChI=1S/C22H28N2O4/c1-22(2)7-5-14(6-8-22)18-11-15(3-4-17(18)21(23)28)16-12-19(26)24(9-10-25)20(27)13-16/h3-5,11,16,25H,6-10,12-13H2,1-2H3,(H2,23,28). The van der Waals surface area contributed by atoms with Crippen molar-refractivity contribution in [3.05, 3.63) is 41.0 Å². The second-order valence-electron chi connectivity index (χ2n) is 8.53. The van der Waals surface area contributed by atoms with Crippen molar-refractivity contribution in [3.63, 3.8) is 0 Å². The normalized spacial score (nSPS) is 20.2. The minimum Gasteiger partial charge on any atom is -0.395 e. The zero-order valence-electron chi connectivity index (χ0n) is 16.5. The minimum atomic E-state index is -0.475. The highest BCUT2D eigenvalue weighted by Crippen LogP contribution is 2.40. The van der Waals surface area contributed by atoms with Crippen molar-refractivity contribution in [2.24, 2.45) is 11.1 Å². The maximum absolute atomic E-state index is 12.3. The molecule has 1 aromatic carbocycles. The van der Waals surface area contributed by atoms with E-state index < -0.39 is 5.91 Å². The minimum absolute atomic E-state index is 0.0406. The van der Waals surface area contributed by atoms with Crippen LogP contribution in [0.3, 0.4) is 0 Å². The smallest absolute Gasteiger partial charge is 0.249 e. The van der Waals surface area contributed by atoms with E-state index in [2.05, 4.69) is 19.9 Å². The van der Waals surface area contributed by atoms with Crippen molar-refractivity contribution in [3.8, 4) is 0 Å². The van der Waals surface area contributed by atoms with E-state index in [9.17, 15) is 14.4 Å². The number of benzene rings is 1. The number of aliphatic hydroxyl groups is 1. The molecule has 0 radical (unpaired) electrons. The Balaban J connectivity index is 1.92. The summed E-state index contributed by atoms with van der Waals surface area (Å²) in [7, 11) is 0. The van der Waals surface area contributed by atoms with Crippen LogP contribution in [0, 0.1) is 5.41 Å². The van der Waals surface area contributed by atoms with Crippen LogP contribution < -0.4 is 5.73 Å². The molecule has 1 heterocycles. The molecule has 6 nitrogen and oxygen atoms in total. The van der Waals surface area contributed by atoms with Gasteiger partial charge in [-0.1, -0.05) is 32.1 Å². The Hall–Kier alpha value is -2.47. The number of amides is 3. The number of nitrogens with two attached hydrogens (primary N) is 1. The SMILES string of the molecule is CC1(C)CC=C(c2cc(C3CC(=O)N(CCO)C(=O)C3)ccc2C(N)=O)CC1. The number of nitrogens with zero attached hydrogens (tertiary/aromatic N) is 1. The number of piperidine rings is 1. The van der Waals surface area contributed by atoms with Gasteiger partial charge in [0, 0.05) is 24.3 Å². The number of β-amino-alcohol motifs (C(OH)–C–C–N with tert-alkyl or cyclic N) is 1. The number of carbonyl (C=O) groups is 3. The zero-order chi connectivity index (χ0) is 20.5. The Bertz CT molecular complexity index is 823. The van der Waals surface area contributed by atoms with Crippen molar-refractivity contribution < 1.29 is 19.5 Å². The van der Waals surface area contributed by atoms with E-state index in [1.165, 1.54) is 0 Å². The number of hydrogen-bond donors (Lipinski definition) is 2. The highest BCUT2D eigenvalue weighted by atomic mass is 16.3. The number of carbonyl (C=O) groups excluding carboxylic acids is 3. The molecule has 6 heteroatoms. The summed E-state index contributed by atoms with van der Waals surface area (Å²) in [4.78, 5) is 37.7. The third-order valence-corrected chi connectivity index (χ3v) is 5.87. The molecule has 3 rings (SSSR count). The van der Waals surface area contributed by atoms with Gasteiger partial charge in [0.05, 0.1) is 13.2 Å². The number of primary amides is 1. The Labute approximate surface area is 165 Å². The van der Waals surface area contributed by atoms with Gasteiger partial charge in [0.2, 0.25) is 17.7 Å². The van der Waals surface area contributed by atoms with Crippen LogP contribution in [0.4, 0.5) is 0 Å². The predicted molar refractivity (Wildman–Crippen MR) is 106 cm³/mol. The molecule has 150 valence electrons. The molecule has 0 atom stereocenters. The summed E-state index contributed by atoms with van der Waals surface area (Å²) in [5, 5.41) is 9.04. The van der Waals surface area contributed by atoms with E-state index in [1.54, 1.807) is 12.1 Å². The number of allylic oxidation sites excluding steroid dienone is 2. The summed E-state index contributed by atoms with van der Waals surface area (Å²) in [5.41, 5.74) is 9.10. The van der Waals surface area contributed by atoms with E-state index in [-0.39, 0.29) is 49.1 Å². The number of aliphatic hydroxyl groups excluding tert-OH is 1. The molecule has 0 bridgehead atoms. The lowest BCUT2D eigenvalue weighted by atomic mass is 9.76. The monoisotopic (exact) mass is 384 g/mol. The van der Waals surface area contributed by atoms with Crippen molar-refractivity contribution in [2.45, 2.75) is 51.9 Å². The van der Waals surface area contributed by atoms with Gasteiger partial charge in [-0.25, -0.2) is 0 Å².